The van der Waals surface area contributed by atoms with Gasteiger partial charge in [0.15, 0.2) is 0 Å². The molecule has 0 heterocycles. The highest BCUT2D eigenvalue weighted by Gasteiger charge is 2.28. The minimum absolute atomic E-state index is 0.147. The monoisotopic (exact) mass is 298 g/mol. The van der Waals surface area contributed by atoms with Crippen LogP contribution in [-0.4, -0.2) is 0 Å². The van der Waals surface area contributed by atoms with Gasteiger partial charge in [0, 0.05) is 0 Å². The van der Waals surface area contributed by atoms with Gasteiger partial charge in [0.2, 0.25) is 0 Å². The smallest absolute Gasteiger partial charge is 0.0593 e. The Morgan fingerprint density at radius 3 is 2.57 bits per heavy atom. The molecule has 0 saturated carbocycles. The normalized spacial score (nSPS) is 20.6. The molecule has 0 fully saturated rings. The summed E-state index contributed by atoms with van der Waals surface area (Å²) in [5.41, 5.74) is 5.86. The lowest BCUT2D eigenvalue weighted by Crippen LogP contribution is -2.11. The SMILES string of the molecule is CC1(C)CCc2ccc(Cc3ccccc3)cc2C(Cl)C1. The number of hydrogen-bond donors (Lipinski definition) is 0. The first-order valence-corrected chi connectivity index (χ1v) is 8.27. The van der Waals surface area contributed by atoms with E-state index >= 15 is 0 Å². The zero-order chi connectivity index (χ0) is 14.9. The molecule has 1 aliphatic rings. The first kappa shape index (κ1) is 14.7. The van der Waals surface area contributed by atoms with Gasteiger partial charge in [-0.15, -0.1) is 11.6 Å². The Morgan fingerprint density at radius 1 is 1.05 bits per heavy atom. The van der Waals surface area contributed by atoms with Crippen LogP contribution in [-0.2, 0) is 12.8 Å². The number of alkyl halides is 1. The summed E-state index contributed by atoms with van der Waals surface area (Å²) in [6.45, 7) is 4.66. The molecule has 21 heavy (non-hydrogen) atoms. The molecule has 0 aliphatic heterocycles. The van der Waals surface area contributed by atoms with E-state index in [4.69, 9.17) is 11.6 Å². The zero-order valence-electron chi connectivity index (χ0n) is 12.9. The molecule has 0 saturated heterocycles. The van der Waals surface area contributed by atoms with Gasteiger partial charge in [-0.25, -0.2) is 0 Å². The minimum atomic E-state index is 0.147. The van der Waals surface area contributed by atoms with Crippen molar-refractivity contribution < 1.29 is 0 Å². The maximum Gasteiger partial charge on any atom is 0.0593 e. The molecule has 1 atom stereocenters. The Bertz CT molecular complexity index is 613. The molecule has 0 radical (unpaired) electrons. The number of halogens is 1. The van der Waals surface area contributed by atoms with Crippen molar-refractivity contribution >= 4 is 11.6 Å². The highest BCUT2D eigenvalue weighted by Crippen LogP contribution is 2.42. The molecule has 0 bridgehead atoms. The van der Waals surface area contributed by atoms with E-state index in [9.17, 15) is 0 Å². The van der Waals surface area contributed by atoms with Gasteiger partial charge in [0.05, 0.1) is 5.38 Å². The van der Waals surface area contributed by atoms with E-state index in [0.717, 1.165) is 19.3 Å². The quantitative estimate of drug-likeness (QED) is 0.477. The van der Waals surface area contributed by atoms with E-state index in [1.807, 2.05) is 0 Å². The molecule has 1 unspecified atom stereocenters. The van der Waals surface area contributed by atoms with Gasteiger partial charge in [-0.3, -0.25) is 0 Å². The summed E-state index contributed by atoms with van der Waals surface area (Å²) in [5, 5.41) is 0.147. The van der Waals surface area contributed by atoms with Crippen molar-refractivity contribution in [1.29, 1.82) is 0 Å². The van der Waals surface area contributed by atoms with E-state index in [1.54, 1.807) is 0 Å². The second kappa shape index (κ2) is 5.85. The molecule has 0 aromatic heterocycles. The fourth-order valence-corrected chi connectivity index (χ4v) is 3.90. The molecular weight excluding hydrogens is 276 g/mol. The standard InChI is InChI=1S/C20H23Cl/c1-20(2)11-10-17-9-8-16(13-18(17)19(21)14-20)12-15-6-4-3-5-7-15/h3-9,13,19H,10-12,14H2,1-2H3. The first-order chi connectivity index (χ1) is 10.0. The molecule has 2 aromatic rings. The van der Waals surface area contributed by atoms with Crippen LogP contribution >= 0.6 is 11.6 Å². The first-order valence-electron chi connectivity index (χ1n) is 7.83. The lowest BCUT2D eigenvalue weighted by atomic mass is 9.84. The van der Waals surface area contributed by atoms with E-state index < -0.39 is 0 Å². The third kappa shape index (κ3) is 3.49. The topological polar surface area (TPSA) is 0 Å². The van der Waals surface area contributed by atoms with Crippen LogP contribution in [0.4, 0.5) is 0 Å². The lowest BCUT2D eigenvalue weighted by Gasteiger charge is -2.23. The maximum atomic E-state index is 6.71. The predicted molar refractivity (Wildman–Crippen MR) is 91.0 cm³/mol. The Hall–Kier alpha value is -1.27. The third-order valence-electron chi connectivity index (χ3n) is 4.60. The molecule has 0 amide bonds. The Morgan fingerprint density at radius 2 is 1.81 bits per heavy atom. The Kier molecular flexibility index (Phi) is 4.08. The molecule has 2 aromatic carbocycles. The van der Waals surface area contributed by atoms with Crippen LogP contribution in [0.2, 0.25) is 0 Å². The number of fused-ring (bicyclic) bond motifs is 1. The van der Waals surface area contributed by atoms with Crippen molar-refractivity contribution in [1.82, 2.24) is 0 Å². The van der Waals surface area contributed by atoms with Crippen LogP contribution in [0.15, 0.2) is 48.5 Å². The van der Waals surface area contributed by atoms with Crippen LogP contribution in [0.3, 0.4) is 0 Å². The predicted octanol–water partition coefficient (Wildman–Crippen LogP) is 5.92. The number of hydrogen-bond acceptors (Lipinski definition) is 0. The number of benzene rings is 2. The number of rotatable bonds is 2. The van der Waals surface area contributed by atoms with Gasteiger partial charge in [-0.1, -0.05) is 62.4 Å². The van der Waals surface area contributed by atoms with Gasteiger partial charge in [0.25, 0.3) is 0 Å². The highest BCUT2D eigenvalue weighted by molar-refractivity contribution is 6.21. The molecule has 1 aliphatic carbocycles. The Balaban J connectivity index is 1.88. The second-order valence-corrected chi connectivity index (χ2v) is 7.56. The fourth-order valence-electron chi connectivity index (χ4n) is 3.28. The van der Waals surface area contributed by atoms with E-state index in [1.165, 1.54) is 28.7 Å². The highest BCUT2D eigenvalue weighted by atomic mass is 35.5. The van der Waals surface area contributed by atoms with Crippen molar-refractivity contribution in [2.75, 3.05) is 0 Å². The zero-order valence-corrected chi connectivity index (χ0v) is 13.7. The summed E-state index contributed by atoms with van der Waals surface area (Å²) in [4.78, 5) is 0. The summed E-state index contributed by atoms with van der Waals surface area (Å²) in [6, 6.07) is 17.5. The average Bonchev–Trinajstić information content (AvgIpc) is 2.57. The largest absolute Gasteiger partial charge is 0.118 e. The van der Waals surface area contributed by atoms with Crippen molar-refractivity contribution in [3.8, 4) is 0 Å². The van der Waals surface area contributed by atoms with Gasteiger partial charge < -0.3 is 0 Å². The second-order valence-electron chi connectivity index (χ2n) is 7.03. The van der Waals surface area contributed by atoms with Crippen molar-refractivity contribution in [2.24, 2.45) is 5.41 Å². The molecule has 3 rings (SSSR count). The van der Waals surface area contributed by atoms with Crippen LogP contribution in [0.5, 0.6) is 0 Å². The van der Waals surface area contributed by atoms with Crippen LogP contribution in [0.25, 0.3) is 0 Å². The van der Waals surface area contributed by atoms with Crippen LogP contribution in [0.1, 0.15) is 54.3 Å². The lowest BCUT2D eigenvalue weighted by molar-refractivity contribution is 0.313. The summed E-state index contributed by atoms with van der Waals surface area (Å²) >= 11 is 6.71. The van der Waals surface area contributed by atoms with Crippen molar-refractivity contribution in [3.05, 3.63) is 70.8 Å². The van der Waals surface area contributed by atoms with Gasteiger partial charge in [-0.2, -0.15) is 0 Å². The van der Waals surface area contributed by atoms with Gasteiger partial charge in [0.1, 0.15) is 0 Å². The summed E-state index contributed by atoms with van der Waals surface area (Å²) in [6.07, 6.45) is 4.43. The van der Waals surface area contributed by atoms with Gasteiger partial charge in [-0.05, 0) is 53.4 Å². The fraction of sp³-hybridized carbons (Fsp3) is 0.400. The minimum Gasteiger partial charge on any atom is -0.118 e. The van der Waals surface area contributed by atoms with Crippen LogP contribution in [0, 0.1) is 5.41 Å². The summed E-state index contributed by atoms with van der Waals surface area (Å²) in [5.74, 6) is 0. The molecular formula is C20H23Cl. The van der Waals surface area contributed by atoms with E-state index in [0.29, 0.717) is 5.41 Å². The molecule has 0 spiro atoms. The van der Waals surface area contributed by atoms with Crippen molar-refractivity contribution in [3.63, 3.8) is 0 Å². The summed E-state index contributed by atoms with van der Waals surface area (Å²) in [7, 11) is 0. The third-order valence-corrected chi connectivity index (χ3v) is 4.99. The maximum absolute atomic E-state index is 6.71. The van der Waals surface area contributed by atoms with Crippen LogP contribution < -0.4 is 0 Å². The molecule has 0 nitrogen and oxygen atoms in total. The number of aryl methyl sites for hydroxylation is 1. The average molecular weight is 299 g/mol. The molecule has 1 heteroatoms. The van der Waals surface area contributed by atoms with E-state index in [-0.39, 0.29) is 5.38 Å². The van der Waals surface area contributed by atoms with Gasteiger partial charge >= 0.3 is 0 Å². The Labute approximate surface area is 133 Å². The van der Waals surface area contributed by atoms with E-state index in [2.05, 4.69) is 62.4 Å². The molecule has 0 N–H and O–H groups in total. The van der Waals surface area contributed by atoms with Crippen molar-refractivity contribution in [2.45, 2.75) is 44.9 Å². The summed E-state index contributed by atoms with van der Waals surface area (Å²) < 4.78 is 0. The molecule has 110 valence electrons.